The van der Waals surface area contributed by atoms with E-state index in [0.717, 1.165) is 12.1 Å². The molecular weight excluding hydrogens is 264 g/mol. The van der Waals surface area contributed by atoms with Gasteiger partial charge in [-0.15, -0.1) is 0 Å². The minimum Gasteiger partial charge on any atom is -0.507 e. The van der Waals surface area contributed by atoms with Crippen LogP contribution in [-0.2, 0) is 0 Å². The van der Waals surface area contributed by atoms with Crippen LogP contribution in [0.15, 0.2) is 24.3 Å². The lowest BCUT2D eigenvalue weighted by Gasteiger charge is -2.10. The smallest absolute Gasteiger partial charge is 0.165 e. The van der Waals surface area contributed by atoms with E-state index in [1.54, 1.807) is 0 Å². The molecule has 0 fully saturated rings. The van der Waals surface area contributed by atoms with Crippen LogP contribution >= 0.6 is 0 Å². The van der Waals surface area contributed by atoms with Crippen LogP contribution in [0.2, 0.25) is 0 Å². The van der Waals surface area contributed by atoms with Gasteiger partial charge in [0.2, 0.25) is 0 Å². The summed E-state index contributed by atoms with van der Waals surface area (Å²) in [5, 5.41) is 58.7. The van der Waals surface area contributed by atoms with Gasteiger partial charge < -0.3 is 30.6 Å². The summed E-state index contributed by atoms with van der Waals surface area (Å²) in [5.74, 6) is -2.52. The summed E-state index contributed by atoms with van der Waals surface area (Å²) in [6.07, 6.45) is 0. The Morgan fingerprint density at radius 2 is 0.750 bits per heavy atom. The SMILES string of the molecule is Oc1cc(O)c2cc3c(O)c(O)cc(O)c3cc2c1O. The second-order valence-electron chi connectivity index (χ2n) is 4.47. The molecule has 0 radical (unpaired) electrons. The molecule has 0 aliphatic carbocycles. The molecular formula is C14H10O6. The molecule has 0 heterocycles. The average molecular weight is 274 g/mol. The monoisotopic (exact) mass is 274 g/mol. The molecule has 0 atom stereocenters. The van der Waals surface area contributed by atoms with Crippen molar-refractivity contribution in [2.24, 2.45) is 0 Å². The van der Waals surface area contributed by atoms with E-state index in [-0.39, 0.29) is 33.0 Å². The number of phenolic OH excluding ortho intramolecular Hbond substituents is 6. The molecule has 0 aromatic heterocycles. The highest BCUT2D eigenvalue weighted by atomic mass is 16.3. The van der Waals surface area contributed by atoms with E-state index in [4.69, 9.17) is 0 Å². The Morgan fingerprint density at radius 1 is 0.400 bits per heavy atom. The van der Waals surface area contributed by atoms with E-state index in [0.29, 0.717) is 0 Å². The number of fused-ring (bicyclic) bond motifs is 2. The van der Waals surface area contributed by atoms with Crippen LogP contribution < -0.4 is 0 Å². The van der Waals surface area contributed by atoms with Crippen LogP contribution in [0.25, 0.3) is 21.5 Å². The molecule has 3 aromatic rings. The maximum Gasteiger partial charge on any atom is 0.165 e. The van der Waals surface area contributed by atoms with E-state index >= 15 is 0 Å². The predicted molar refractivity (Wildman–Crippen MR) is 71.4 cm³/mol. The van der Waals surface area contributed by atoms with Crippen molar-refractivity contribution in [3.63, 3.8) is 0 Å². The lowest BCUT2D eigenvalue weighted by atomic mass is 10.00. The Hall–Kier alpha value is -3.02. The van der Waals surface area contributed by atoms with Crippen molar-refractivity contribution in [1.82, 2.24) is 0 Å². The molecule has 3 aromatic carbocycles. The zero-order valence-corrected chi connectivity index (χ0v) is 9.99. The topological polar surface area (TPSA) is 121 Å². The van der Waals surface area contributed by atoms with Gasteiger partial charge in [-0.2, -0.15) is 0 Å². The van der Waals surface area contributed by atoms with Gasteiger partial charge in [-0.1, -0.05) is 0 Å². The third-order valence-corrected chi connectivity index (χ3v) is 3.25. The molecule has 102 valence electrons. The summed E-state index contributed by atoms with van der Waals surface area (Å²) in [6.45, 7) is 0. The third-order valence-electron chi connectivity index (χ3n) is 3.25. The zero-order chi connectivity index (χ0) is 14.6. The maximum atomic E-state index is 9.80. The van der Waals surface area contributed by atoms with Gasteiger partial charge in [-0.05, 0) is 12.1 Å². The fourth-order valence-corrected chi connectivity index (χ4v) is 2.24. The normalized spacial score (nSPS) is 11.2. The summed E-state index contributed by atoms with van der Waals surface area (Å²) < 4.78 is 0. The van der Waals surface area contributed by atoms with Gasteiger partial charge in [-0.25, -0.2) is 0 Å². The van der Waals surface area contributed by atoms with Crippen molar-refractivity contribution in [3.05, 3.63) is 24.3 Å². The fourth-order valence-electron chi connectivity index (χ4n) is 2.24. The molecule has 0 saturated carbocycles. The molecule has 0 amide bonds. The van der Waals surface area contributed by atoms with Gasteiger partial charge in [0.05, 0.1) is 0 Å². The number of phenols is 6. The standard InChI is InChI=1S/C14H10O6/c15-9-3-12(18)14(20)8-2-6-7(1-5(8)9)13(19)11(17)4-10(6)16/h1-4,15-20H. The lowest BCUT2D eigenvalue weighted by Crippen LogP contribution is -1.82. The van der Waals surface area contributed by atoms with E-state index in [1.165, 1.54) is 12.1 Å². The molecule has 0 aliphatic heterocycles. The Bertz CT molecular complexity index is 796. The first-order valence-corrected chi connectivity index (χ1v) is 5.65. The van der Waals surface area contributed by atoms with Gasteiger partial charge in [0.25, 0.3) is 0 Å². The maximum absolute atomic E-state index is 9.80. The quantitative estimate of drug-likeness (QED) is 0.212. The van der Waals surface area contributed by atoms with E-state index < -0.39 is 23.0 Å². The molecule has 0 saturated heterocycles. The number of aromatic hydroxyl groups is 6. The largest absolute Gasteiger partial charge is 0.507 e. The van der Waals surface area contributed by atoms with Crippen LogP contribution in [0.5, 0.6) is 34.5 Å². The second kappa shape index (κ2) is 3.74. The van der Waals surface area contributed by atoms with Crippen molar-refractivity contribution in [3.8, 4) is 34.5 Å². The Balaban J connectivity index is 2.60. The number of rotatable bonds is 0. The summed E-state index contributed by atoms with van der Waals surface area (Å²) in [7, 11) is 0. The Kier molecular flexibility index (Phi) is 2.25. The molecule has 6 heteroatoms. The van der Waals surface area contributed by atoms with Gasteiger partial charge in [0, 0.05) is 33.7 Å². The Labute approximate surface area is 112 Å². The van der Waals surface area contributed by atoms with Crippen LogP contribution in [0.1, 0.15) is 0 Å². The zero-order valence-electron chi connectivity index (χ0n) is 9.99. The van der Waals surface area contributed by atoms with Crippen molar-refractivity contribution in [2.45, 2.75) is 0 Å². The molecule has 0 spiro atoms. The van der Waals surface area contributed by atoms with E-state index in [1.807, 2.05) is 0 Å². The highest BCUT2D eigenvalue weighted by Gasteiger charge is 2.16. The molecule has 0 aliphatic rings. The first-order valence-electron chi connectivity index (χ1n) is 5.65. The van der Waals surface area contributed by atoms with Crippen LogP contribution in [0.4, 0.5) is 0 Å². The van der Waals surface area contributed by atoms with Gasteiger partial charge >= 0.3 is 0 Å². The highest BCUT2D eigenvalue weighted by molar-refractivity contribution is 6.08. The summed E-state index contributed by atoms with van der Waals surface area (Å²) >= 11 is 0. The van der Waals surface area contributed by atoms with Crippen molar-refractivity contribution in [2.75, 3.05) is 0 Å². The molecule has 0 unspecified atom stereocenters. The minimum absolute atomic E-state index is 0.107. The summed E-state index contributed by atoms with van der Waals surface area (Å²) in [4.78, 5) is 0. The van der Waals surface area contributed by atoms with Crippen LogP contribution in [-0.4, -0.2) is 30.6 Å². The summed E-state index contributed by atoms with van der Waals surface area (Å²) in [6, 6.07) is 4.52. The first kappa shape index (κ1) is 12.0. The lowest BCUT2D eigenvalue weighted by molar-refractivity contribution is 0.401. The highest BCUT2D eigenvalue weighted by Crippen LogP contribution is 2.46. The van der Waals surface area contributed by atoms with Gasteiger partial charge in [0.15, 0.2) is 23.0 Å². The molecule has 0 bridgehead atoms. The predicted octanol–water partition coefficient (Wildman–Crippen LogP) is 2.23. The molecule has 6 nitrogen and oxygen atoms in total. The van der Waals surface area contributed by atoms with Crippen molar-refractivity contribution < 1.29 is 30.6 Å². The number of hydrogen-bond acceptors (Lipinski definition) is 6. The van der Waals surface area contributed by atoms with Crippen LogP contribution in [0, 0.1) is 0 Å². The van der Waals surface area contributed by atoms with Gasteiger partial charge in [0.1, 0.15) is 11.5 Å². The van der Waals surface area contributed by atoms with Crippen LogP contribution in [0.3, 0.4) is 0 Å². The van der Waals surface area contributed by atoms with Gasteiger partial charge in [-0.3, -0.25) is 0 Å². The summed E-state index contributed by atoms with van der Waals surface area (Å²) in [5.41, 5.74) is 0. The second-order valence-corrected chi connectivity index (χ2v) is 4.47. The molecule has 20 heavy (non-hydrogen) atoms. The van der Waals surface area contributed by atoms with E-state index in [9.17, 15) is 30.6 Å². The number of hydrogen-bond donors (Lipinski definition) is 6. The minimum atomic E-state index is -0.503. The molecule has 3 rings (SSSR count). The number of benzene rings is 3. The third kappa shape index (κ3) is 1.45. The molecule has 6 N–H and O–H groups in total. The Morgan fingerprint density at radius 3 is 1.10 bits per heavy atom. The fraction of sp³-hybridized carbons (Fsp3) is 0. The van der Waals surface area contributed by atoms with E-state index in [2.05, 4.69) is 0 Å². The average Bonchev–Trinajstić information content (AvgIpc) is 2.41. The van der Waals surface area contributed by atoms with Crippen molar-refractivity contribution in [1.29, 1.82) is 0 Å². The van der Waals surface area contributed by atoms with Crippen molar-refractivity contribution >= 4 is 21.5 Å². The first-order chi connectivity index (χ1) is 9.40.